The highest BCUT2D eigenvalue weighted by Gasteiger charge is 2.32. The van der Waals surface area contributed by atoms with Crippen LogP contribution in [0.5, 0.6) is 0 Å². The molecule has 0 aliphatic carbocycles. The number of hydrogen-bond donors (Lipinski definition) is 1. The van der Waals surface area contributed by atoms with Crippen molar-refractivity contribution in [1.82, 2.24) is 9.97 Å². The maximum Gasteiger partial charge on any atom is 0.289 e. The van der Waals surface area contributed by atoms with Crippen molar-refractivity contribution in [2.24, 2.45) is 5.73 Å². The monoisotopic (exact) mass is 355 g/mol. The van der Waals surface area contributed by atoms with E-state index in [1.807, 2.05) is 0 Å². The second-order valence-electron chi connectivity index (χ2n) is 4.64. The van der Waals surface area contributed by atoms with Crippen molar-refractivity contribution >= 4 is 21.5 Å². The number of nitro groups is 1. The molecule has 0 aliphatic heterocycles. The van der Waals surface area contributed by atoms with E-state index in [2.05, 4.69) is 9.97 Å². The molecule has 2 aromatic rings. The lowest BCUT2D eigenvalue weighted by Gasteiger charge is -2.22. The lowest BCUT2D eigenvalue weighted by molar-refractivity contribution is -0.387. The van der Waals surface area contributed by atoms with Gasteiger partial charge in [-0.25, -0.2) is 22.7 Å². The molecule has 0 unspecified atom stereocenters. The van der Waals surface area contributed by atoms with E-state index in [9.17, 15) is 22.9 Å². The van der Waals surface area contributed by atoms with Crippen LogP contribution >= 0.6 is 0 Å². The van der Waals surface area contributed by atoms with E-state index in [1.54, 1.807) is 0 Å². The smallest absolute Gasteiger partial charge is 0.289 e. The summed E-state index contributed by atoms with van der Waals surface area (Å²) in [6.45, 7) is 0.0673. The predicted molar refractivity (Wildman–Crippen MR) is 83.3 cm³/mol. The third-order valence-electron chi connectivity index (χ3n) is 3.07. The van der Waals surface area contributed by atoms with Crippen LogP contribution in [-0.2, 0) is 10.0 Å². The van der Waals surface area contributed by atoms with Crippen molar-refractivity contribution < 1.29 is 17.7 Å². The van der Waals surface area contributed by atoms with E-state index >= 15 is 0 Å². The maximum absolute atomic E-state index is 13.3. The molecule has 24 heavy (non-hydrogen) atoms. The van der Waals surface area contributed by atoms with Crippen LogP contribution in [0.25, 0.3) is 0 Å². The quantitative estimate of drug-likeness (QED) is 0.446. The van der Waals surface area contributed by atoms with Gasteiger partial charge >= 0.3 is 0 Å². The van der Waals surface area contributed by atoms with Gasteiger partial charge in [0.25, 0.3) is 15.7 Å². The minimum Gasteiger partial charge on any atom is -0.330 e. The molecule has 0 bridgehead atoms. The second kappa shape index (κ2) is 7.27. The van der Waals surface area contributed by atoms with Crippen LogP contribution in [0.2, 0.25) is 0 Å². The molecule has 11 heteroatoms. The molecular formula is C13H14FN5O4S. The molecule has 2 N–H and O–H groups in total. The first-order valence-electron chi connectivity index (χ1n) is 6.81. The molecule has 1 aromatic carbocycles. The summed E-state index contributed by atoms with van der Waals surface area (Å²) in [6.07, 6.45) is 1.13. The van der Waals surface area contributed by atoms with Gasteiger partial charge in [-0.1, -0.05) is 12.1 Å². The number of aromatic nitrogens is 2. The molecule has 0 saturated heterocycles. The second-order valence-corrected chi connectivity index (χ2v) is 6.47. The number of nitro benzene ring substituents is 1. The van der Waals surface area contributed by atoms with E-state index in [-0.39, 0.29) is 25.3 Å². The fourth-order valence-corrected chi connectivity index (χ4v) is 3.61. The van der Waals surface area contributed by atoms with Gasteiger partial charge in [0.15, 0.2) is 4.90 Å². The average molecular weight is 355 g/mol. The zero-order valence-corrected chi connectivity index (χ0v) is 13.2. The van der Waals surface area contributed by atoms with E-state index in [0.717, 1.165) is 28.8 Å². The van der Waals surface area contributed by atoms with Crippen LogP contribution in [0.1, 0.15) is 6.42 Å². The van der Waals surface area contributed by atoms with Crippen molar-refractivity contribution in [3.05, 3.63) is 52.7 Å². The number of nitrogens with two attached hydrogens (primary N) is 1. The van der Waals surface area contributed by atoms with Crippen molar-refractivity contribution in [3.8, 4) is 0 Å². The Morgan fingerprint density at radius 2 is 2.00 bits per heavy atom. The molecule has 0 saturated carbocycles. The number of para-hydroxylation sites is 1. The largest absolute Gasteiger partial charge is 0.330 e. The van der Waals surface area contributed by atoms with Gasteiger partial charge < -0.3 is 5.73 Å². The topological polar surface area (TPSA) is 132 Å². The van der Waals surface area contributed by atoms with E-state index in [1.165, 1.54) is 12.1 Å². The fourth-order valence-electron chi connectivity index (χ4n) is 2.00. The van der Waals surface area contributed by atoms with Gasteiger partial charge in [-0.05, 0) is 19.0 Å². The molecule has 1 heterocycles. The number of anilines is 1. The van der Waals surface area contributed by atoms with Gasteiger partial charge in [0.05, 0.1) is 4.92 Å². The summed E-state index contributed by atoms with van der Waals surface area (Å²) in [7, 11) is -4.34. The van der Waals surface area contributed by atoms with Crippen LogP contribution in [0.15, 0.2) is 41.6 Å². The number of rotatable bonds is 7. The molecule has 0 spiro atoms. The first-order valence-corrected chi connectivity index (χ1v) is 8.25. The molecular weight excluding hydrogens is 341 g/mol. The van der Waals surface area contributed by atoms with Crippen LogP contribution in [-0.4, -0.2) is 36.4 Å². The third-order valence-corrected chi connectivity index (χ3v) is 4.92. The maximum atomic E-state index is 13.3. The van der Waals surface area contributed by atoms with E-state index < -0.39 is 31.5 Å². The number of hydrogen-bond acceptors (Lipinski definition) is 7. The number of sulfonamides is 1. The van der Waals surface area contributed by atoms with E-state index in [4.69, 9.17) is 5.73 Å². The summed E-state index contributed by atoms with van der Waals surface area (Å²) < 4.78 is 39.9. The van der Waals surface area contributed by atoms with Gasteiger partial charge in [-0.3, -0.25) is 10.1 Å². The molecule has 0 atom stereocenters. The Bertz CT molecular complexity index is 846. The molecule has 0 aliphatic rings. The summed E-state index contributed by atoms with van der Waals surface area (Å²) in [6, 6.07) is 5.74. The Kier molecular flexibility index (Phi) is 5.36. The zero-order valence-electron chi connectivity index (χ0n) is 12.4. The summed E-state index contributed by atoms with van der Waals surface area (Å²) in [5.74, 6) is -1.15. The van der Waals surface area contributed by atoms with Crippen molar-refractivity contribution in [2.45, 2.75) is 11.3 Å². The summed E-state index contributed by atoms with van der Waals surface area (Å²) in [4.78, 5) is 16.8. The Balaban J connectivity index is 2.58. The van der Waals surface area contributed by atoms with Crippen LogP contribution < -0.4 is 10.0 Å². The van der Waals surface area contributed by atoms with E-state index in [0.29, 0.717) is 0 Å². The lowest BCUT2D eigenvalue weighted by atomic mass is 10.3. The molecule has 2 rings (SSSR count). The highest BCUT2D eigenvalue weighted by atomic mass is 32.2. The Hall–Kier alpha value is -2.66. The summed E-state index contributed by atoms with van der Waals surface area (Å²) in [5.41, 5.74) is 4.83. The number of nitrogens with zero attached hydrogens (tertiary/aromatic N) is 4. The van der Waals surface area contributed by atoms with Gasteiger partial charge in [0, 0.05) is 18.7 Å². The SMILES string of the molecule is NCCCN(c1cc(F)ncn1)S(=O)(=O)c1ccccc1[N+](=O)[O-]. The standard InChI is InChI=1S/C13H14FN5O4S/c14-12-8-13(17-9-16-12)18(7-3-6-15)24(22,23)11-5-2-1-4-10(11)19(20)21/h1-2,4-5,8-9H,3,6-7,15H2. The Morgan fingerprint density at radius 3 is 2.62 bits per heavy atom. The minimum absolute atomic E-state index is 0.110. The van der Waals surface area contributed by atoms with Crippen LogP contribution in [0, 0.1) is 16.1 Å². The van der Waals surface area contributed by atoms with Gasteiger partial charge in [-0.15, -0.1) is 0 Å². The molecule has 0 radical (unpaired) electrons. The molecule has 0 fully saturated rings. The molecule has 128 valence electrons. The molecule has 0 amide bonds. The van der Waals surface area contributed by atoms with Gasteiger partial charge in [0.2, 0.25) is 5.95 Å². The van der Waals surface area contributed by atoms with Crippen LogP contribution in [0.3, 0.4) is 0 Å². The Morgan fingerprint density at radius 1 is 1.29 bits per heavy atom. The number of halogens is 1. The van der Waals surface area contributed by atoms with Gasteiger partial charge in [0.1, 0.15) is 12.1 Å². The fraction of sp³-hybridized carbons (Fsp3) is 0.231. The van der Waals surface area contributed by atoms with Crippen molar-refractivity contribution in [3.63, 3.8) is 0 Å². The highest BCUT2D eigenvalue weighted by Crippen LogP contribution is 2.29. The molecule has 9 nitrogen and oxygen atoms in total. The van der Waals surface area contributed by atoms with Crippen LogP contribution in [0.4, 0.5) is 15.9 Å². The van der Waals surface area contributed by atoms with Crippen molar-refractivity contribution in [1.29, 1.82) is 0 Å². The Labute approximate surface area is 137 Å². The molecule has 1 aromatic heterocycles. The first kappa shape index (κ1) is 17.7. The van der Waals surface area contributed by atoms with Crippen molar-refractivity contribution in [2.75, 3.05) is 17.4 Å². The number of benzene rings is 1. The average Bonchev–Trinajstić information content (AvgIpc) is 2.55. The summed E-state index contributed by atoms with van der Waals surface area (Å²) >= 11 is 0. The lowest BCUT2D eigenvalue weighted by Crippen LogP contribution is -2.34. The van der Waals surface area contributed by atoms with Gasteiger partial charge in [-0.2, -0.15) is 4.39 Å². The summed E-state index contributed by atoms with van der Waals surface area (Å²) in [5, 5.41) is 11.1. The first-order chi connectivity index (χ1) is 11.4. The normalized spacial score (nSPS) is 11.2. The zero-order chi connectivity index (χ0) is 17.7. The predicted octanol–water partition coefficient (Wildman–Crippen LogP) is 1.07. The highest BCUT2D eigenvalue weighted by molar-refractivity contribution is 7.93. The third kappa shape index (κ3) is 3.63. The minimum atomic E-state index is -4.34.